The van der Waals surface area contributed by atoms with Crippen LogP contribution in [0.25, 0.3) is 0 Å². The second kappa shape index (κ2) is 10.9. The highest BCUT2D eigenvalue weighted by Crippen LogP contribution is 2.40. The fourth-order valence-electron chi connectivity index (χ4n) is 3.86. The summed E-state index contributed by atoms with van der Waals surface area (Å²) in [5.41, 5.74) is 3.74. The molecule has 0 amide bonds. The zero-order chi connectivity index (χ0) is 26.7. The Morgan fingerprint density at radius 3 is 2.11 bits per heavy atom. The smallest absolute Gasteiger partial charge is 0.342 e. The van der Waals surface area contributed by atoms with E-state index < -0.39 is 26.4 Å². The highest BCUT2D eigenvalue weighted by Gasteiger charge is 2.45. The molecular formula is C29H39NO5Si. The van der Waals surface area contributed by atoms with Crippen LogP contribution in [0.2, 0.25) is 18.1 Å². The fourth-order valence-corrected chi connectivity index (χ4v) is 5.08. The van der Waals surface area contributed by atoms with E-state index in [9.17, 15) is 4.79 Å². The number of rotatable bonds is 9. The number of esters is 1. The first-order valence-corrected chi connectivity index (χ1v) is 15.1. The average molecular weight is 510 g/mol. The van der Waals surface area contributed by atoms with Crippen LogP contribution in [0.15, 0.2) is 59.2 Å². The van der Waals surface area contributed by atoms with Crippen molar-refractivity contribution in [1.29, 1.82) is 0 Å². The number of hydrogen-bond donors (Lipinski definition) is 1. The Hall–Kier alpha value is -3.03. The Morgan fingerprint density at radius 2 is 1.61 bits per heavy atom. The Balaban J connectivity index is 2.05. The van der Waals surface area contributed by atoms with Crippen molar-refractivity contribution in [3.8, 4) is 11.5 Å². The van der Waals surface area contributed by atoms with Gasteiger partial charge in [0, 0.05) is 5.69 Å². The van der Waals surface area contributed by atoms with Crippen LogP contribution >= 0.6 is 0 Å². The number of hydrogen-bond acceptors (Lipinski definition) is 6. The van der Waals surface area contributed by atoms with E-state index in [-0.39, 0.29) is 5.04 Å². The average Bonchev–Trinajstić information content (AvgIpc) is 3.32. The molecule has 3 rings (SSSR count). The summed E-state index contributed by atoms with van der Waals surface area (Å²) in [6.07, 6.45) is 0.653. The summed E-state index contributed by atoms with van der Waals surface area (Å²) in [6, 6.07) is 14.6. The molecule has 0 fully saturated rings. The van der Waals surface area contributed by atoms with Crippen molar-refractivity contribution >= 4 is 20.0 Å². The van der Waals surface area contributed by atoms with Crippen LogP contribution in [-0.4, -0.2) is 27.5 Å². The molecule has 0 aliphatic heterocycles. The van der Waals surface area contributed by atoms with Gasteiger partial charge in [-0.2, -0.15) is 0 Å². The van der Waals surface area contributed by atoms with Gasteiger partial charge in [-0.1, -0.05) is 38.5 Å². The molecule has 36 heavy (non-hydrogen) atoms. The molecule has 1 N–H and O–H groups in total. The first-order valence-electron chi connectivity index (χ1n) is 12.2. The number of carbonyl (C=O) groups excluding carboxylic acids is 1. The maximum absolute atomic E-state index is 13.9. The van der Waals surface area contributed by atoms with E-state index in [4.69, 9.17) is 18.3 Å². The zero-order valence-electron chi connectivity index (χ0n) is 22.9. The lowest BCUT2D eigenvalue weighted by Crippen LogP contribution is -2.50. The van der Waals surface area contributed by atoms with Crippen molar-refractivity contribution in [3.63, 3.8) is 0 Å². The van der Waals surface area contributed by atoms with Gasteiger partial charge in [0.05, 0.1) is 13.4 Å². The van der Waals surface area contributed by atoms with Gasteiger partial charge in [0.25, 0.3) is 0 Å². The first-order chi connectivity index (χ1) is 16.8. The summed E-state index contributed by atoms with van der Waals surface area (Å²) in [4.78, 5) is 13.9. The molecule has 1 heterocycles. The van der Waals surface area contributed by atoms with E-state index in [1.54, 1.807) is 19.4 Å². The number of nitrogens with one attached hydrogen (secondary N) is 1. The number of benzene rings is 2. The monoisotopic (exact) mass is 509 g/mol. The van der Waals surface area contributed by atoms with Crippen LogP contribution in [0.4, 0.5) is 5.69 Å². The maximum Gasteiger partial charge on any atom is 0.342 e. The van der Waals surface area contributed by atoms with Gasteiger partial charge >= 0.3 is 5.97 Å². The minimum absolute atomic E-state index is 0.116. The Labute approximate surface area is 216 Å². The van der Waals surface area contributed by atoms with Gasteiger partial charge in [-0.15, -0.1) is 0 Å². The molecule has 6 nitrogen and oxygen atoms in total. The standard InChI is InChI=1S/C29H39NO5Si/c1-19-17-20(2)26(21(3)18-19)34-28(31)27(35-36(8,9)29(4,5)6)25(24-11-10-16-33-24)30-22-12-14-23(32-7)15-13-22/h10-18,25,27,30H,1-9H3/t25-,27-/m1/s1. The molecule has 0 saturated heterocycles. The molecule has 0 spiro atoms. The van der Waals surface area contributed by atoms with Crippen molar-refractivity contribution in [2.24, 2.45) is 0 Å². The zero-order valence-corrected chi connectivity index (χ0v) is 23.9. The maximum atomic E-state index is 13.9. The Bertz CT molecular complexity index is 1140. The van der Waals surface area contributed by atoms with E-state index in [0.717, 1.165) is 28.1 Å². The van der Waals surface area contributed by atoms with Crippen LogP contribution in [0, 0.1) is 20.8 Å². The van der Waals surface area contributed by atoms with Crippen molar-refractivity contribution in [3.05, 3.63) is 77.2 Å². The Kier molecular flexibility index (Phi) is 8.36. The van der Waals surface area contributed by atoms with Crippen LogP contribution in [0.1, 0.15) is 49.3 Å². The highest BCUT2D eigenvalue weighted by molar-refractivity contribution is 6.74. The lowest BCUT2D eigenvalue weighted by Gasteiger charge is -2.40. The quantitative estimate of drug-likeness (QED) is 0.185. The summed E-state index contributed by atoms with van der Waals surface area (Å²) >= 11 is 0. The molecule has 7 heteroatoms. The molecule has 3 aromatic rings. The lowest BCUT2D eigenvalue weighted by molar-refractivity contribution is -0.144. The van der Waals surface area contributed by atoms with Crippen molar-refractivity contribution < 1.29 is 23.1 Å². The molecule has 2 atom stereocenters. The van der Waals surface area contributed by atoms with Crippen LogP contribution < -0.4 is 14.8 Å². The number of aryl methyl sites for hydroxylation is 3. The first kappa shape index (κ1) is 27.6. The third kappa shape index (κ3) is 6.39. The van der Waals surface area contributed by atoms with E-state index in [2.05, 4.69) is 39.2 Å². The lowest BCUT2D eigenvalue weighted by atomic mass is 10.1. The normalized spacial score (nSPS) is 13.7. The number of carbonyl (C=O) groups is 1. The van der Waals surface area contributed by atoms with Crippen molar-refractivity contribution in [2.45, 2.75) is 71.8 Å². The van der Waals surface area contributed by atoms with Crippen molar-refractivity contribution in [2.75, 3.05) is 12.4 Å². The molecule has 0 bridgehead atoms. The van der Waals surface area contributed by atoms with Gasteiger partial charge in [-0.25, -0.2) is 4.79 Å². The van der Waals surface area contributed by atoms with Gasteiger partial charge in [-0.3, -0.25) is 0 Å². The number of anilines is 1. The molecule has 0 radical (unpaired) electrons. The van der Waals surface area contributed by atoms with E-state index in [1.807, 2.05) is 63.2 Å². The fraction of sp³-hybridized carbons (Fsp3) is 0.414. The molecule has 194 valence electrons. The number of methoxy groups -OCH3 is 1. The SMILES string of the molecule is COc1ccc(N[C@H](c2ccco2)[C@@H](O[Si](C)(C)C(C)(C)C)C(=O)Oc2c(C)cc(C)cc2C)cc1. The third-order valence-corrected chi connectivity index (χ3v) is 11.3. The van der Waals surface area contributed by atoms with Crippen LogP contribution in [0.3, 0.4) is 0 Å². The predicted octanol–water partition coefficient (Wildman–Crippen LogP) is 7.36. The van der Waals surface area contributed by atoms with Gasteiger partial charge in [0.1, 0.15) is 23.3 Å². The van der Waals surface area contributed by atoms with Crippen LogP contribution in [0.5, 0.6) is 11.5 Å². The number of ether oxygens (including phenoxy) is 2. The largest absolute Gasteiger partial charge is 0.497 e. The second-order valence-corrected chi connectivity index (χ2v) is 15.6. The molecule has 0 aliphatic carbocycles. The van der Waals surface area contributed by atoms with E-state index in [1.165, 1.54) is 0 Å². The number of furan rings is 1. The minimum atomic E-state index is -2.39. The van der Waals surface area contributed by atoms with E-state index in [0.29, 0.717) is 11.5 Å². The molecule has 2 aromatic carbocycles. The topological polar surface area (TPSA) is 69.9 Å². The summed E-state index contributed by atoms with van der Waals surface area (Å²) < 4.78 is 23.9. The van der Waals surface area contributed by atoms with Gasteiger partial charge < -0.3 is 23.6 Å². The predicted molar refractivity (Wildman–Crippen MR) is 146 cm³/mol. The third-order valence-electron chi connectivity index (χ3n) is 6.83. The summed E-state index contributed by atoms with van der Waals surface area (Å²) in [5, 5.41) is 3.34. The molecule has 0 aliphatic rings. The van der Waals surface area contributed by atoms with Gasteiger partial charge in [0.15, 0.2) is 14.4 Å². The second-order valence-electron chi connectivity index (χ2n) is 10.8. The highest BCUT2D eigenvalue weighted by atomic mass is 28.4. The van der Waals surface area contributed by atoms with Crippen LogP contribution in [-0.2, 0) is 9.22 Å². The molecular weight excluding hydrogens is 470 g/mol. The van der Waals surface area contributed by atoms with Gasteiger partial charge in [-0.05, 0) is 86.4 Å². The van der Waals surface area contributed by atoms with Gasteiger partial charge in [0.2, 0.25) is 0 Å². The summed E-state index contributed by atoms with van der Waals surface area (Å²) in [7, 11) is -0.767. The molecule has 0 saturated carbocycles. The van der Waals surface area contributed by atoms with Crippen molar-refractivity contribution in [1.82, 2.24) is 0 Å². The minimum Gasteiger partial charge on any atom is -0.497 e. The summed E-state index contributed by atoms with van der Waals surface area (Å²) in [5.74, 6) is 1.44. The Morgan fingerprint density at radius 1 is 1.00 bits per heavy atom. The molecule has 1 aromatic heterocycles. The summed E-state index contributed by atoms with van der Waals surface area (Å²) in [6.45, 7) is 16.6. The molecule has 0 unspecified atom stereocenters. The van der Waals surface area contributed by atoms with E-state index >= 15 is 0 Å².